The summed E-state index contributed by atoms with van der Waals surface area (Å²) in [6, 6.07) is 16.3. The zero-order valence-electron chi connectivity index (χ0n) is 18.3. The second kappa shape index (κ2) is 9.79. The molecule has 4 aromatic rings. The van der Waals surface area contributed by atoms with Crippen LogP contribution in [0.1, 0.15) is 34.1 Å². The summed E-state index contributed by atoms with van der Waals surface area (Å²) in [6.45, 7) is 5.93. The van der Waals surface area contributed by atoms with Gasteiger partial charge in [0.25, 0.3) is 0 Å². The van der Waals surface area contributed by atoms with E-state index in [1.54, 1.807) is 43.3 Å². The Labute approximate surface area is 194 Å². The number of pyridine rings is 1. The van der Waals surface area contributed by atoms with Gasteiger partial charge < -0.3 is 9.47 Å². The van der Waals surface area contributed by atoms with Crippen LogP contribution < -0.4 is 4.74 Å². The summed E-state index contributed by atoms with van der Waals surface area (Å²) < 4.78 is 51.5. The van der Waals surface area contributed by atoms with Gasteiger partial charge in [0.05, 0.1) is 23.4 Å². The van der Waals surface area contributed by atoms with E-state index in [9.17, 15) is 18.0 Å². The number of hydrogen-bond donors (Lipinski definition) is 0. The van der Waals surface area contributed by atoms with Crippen LogP contribution >= 0.6 is 0 Å². The van der Waals surface area contributed by atoms with E-state index in [1.165, 1.54) is 18.2 Å². The molecule has 0 atom stereocenters. The van der Waals surface area contributed by atoms with Crippen molar-refractivity contribution >= 4 is 22.4 Å². The number of halogens is 3. The molecule has 7 heteroatoms. The smallest absolute Gasteiger partial charge is 0.338 e. The summed E-state index contributed by atoms with van der Waals surface area (Å²) in [4.78, 5) is 16.5. The van der Waals surface area contributed by atoms with Gasteiger partial charge in [0, 0.05) is 22.6 Å². The number of ether oxygens (including phenoxy) is 2. The summed E-state index contributed by atoms with van der Waals surface area (Å²) in [6.07, 6.45) is 0. The fraction of sp³-hybridized carbons (Fsp3) is 0.111. The van der Waals surface area contributed by atoms with Crippen molar-refractivity contribution < 1.29 is 27.4 Å². The third-order valence-electron chi connectivity index (χ3n) is 5.20. The van der Waals surface area contributed by atoms with Crippen LogP contribution in [0.25, 0.3) is 16.5 Å². The average Bonchev–Trinajstić information content (AvgIpc) is 2.83. The number of nitrogens with zero attached hydrogens (tertiary/aromatic N) is 1. The molecule has 0 amide bonds. The minimum absolute atomic E-state index is 0.0272. The molecule has 0 saturated carbocycles. The SMILES string of the molecule is C=C(c1ccc(OCc2cc(F)ccc2C(=O)OCC)cc1)c1ccc2cc(F)c(F)cc2n1. The van der Waals surface area contributed by atoms with Gasteiger partial charge in [-0.3, -0.25) is 0 Å². The maximum Gasteiger partial charge on any atom is 0.338 e. The molecule has 0 radical (unpaired) electrons. The minimum Gasteiger partial charge on any atom is -0.489 e. The summed E-state index contributed by atoms with van der Waals surface area (Å²) in [5.41, 5.74) is 2.80. The third kappa shape index (κ3) is 4.93. The van der Waals surface area contributed by atoms with Crippen LogP contribution in [-0.4, -0.2) is 17.6 Å². The van der Waals surface area contributed by atoms with Crippen LogP contribution in [0.3, 0.4) is 0 Å². The van der Waals surface area contributed by atoms with E-state index >= 15 is 0 Å². The van der Waals surface area contributed by atoms with Crippen molar-refractivity contribution in [3.05, 3.63) is 113 Å². The highest BCUT2D eigenvalue weighted by molar-refractivity contribution is 5.91. The lowest BCUT2D eigenvalue weighted by Gasteiger charge is -2.12. The highest BCUT2D eigenvalue weighted by Gasteiger charge is 2.14. The quantitative estimate of drug-likeness (QED) is 0.295. The van der Waals surface area contributed by atoms with E-state index < -0.39 is 23.4 Å². The zero-order chi connectivity index (χ0) is 24.2. The Morgan fingerprint density at radius 1 is 0.941 bits per heavy atom. The standard InChI is InChI=1S/C27H20F3NO3/c1-3-33-27(32)22-10-7-20(28)12-19(22)15-34-21-8-4-17(5-9-21)16(2)25-11-6-18-13-23(29)24(30)14-26(18)31-25/h4-14H,2-3,15H2,1H3. The van der Waals surface area contributed by atoms with E-state index in [4.69, 9.17) is 9.47 Å². The van der Waals surface area contributed by atoms with Crippen LogP contribution in [0.15, 0.2) is 73.3 Å². The molecule has 1 aromatic heterocycles. The molecule has 0 fully saturated rings. The van der Waals surface area contributed by atoms with E-state index in [-0.39, 0.29) is 18.8 Å². The number of aromatic nitrogens is 1. The van der Waals surface area contributed by atoms with Crippen molar-refractivity contribution in [3.8, 4) is 5.75 Å². The number of esters is 1. The van der Waals surface area contributed by atoms with Crippen molar-refractivity contribution in [1.29, 1.82) is 0 Å². The Bertz CT molecular complexity index is 1380. The Kier molecular flexibility index (Phi) is 6.63. The van der Waals surface area contributed by atoms with Crippen LogP contribution in [0.5, 0.6) is 5.75 Å². The second-order valence-corrected chi connectivity index (χ2v) is 7.47. The maximum atomic E-state index is 13.7. The molecule has 0 aliphatic carbocycles. The Hall–Kier alpha value is -4.13. The summed E-state index contributed by atoms with van der Waals surface area (Å²) in [5, 5.41) is 0.485. The molecule has 3 aromatic carbocycles. The highest BCUT2D eigenvalue weighted by atomic mass is 19.2. The van der Waals surface area contributed by atoms with E-state index in [0.717, 1.165) is 17.7 Å². The third-order valence-corrected chi connectivity index (χ3v) is 5.20. The molecule has 1 heterocycles. The lowest BCUT2D eigenvalue weighted by Crippen LogP contribution is -2.10. The largest absolute Gasteiger partial charge is 0.489 e. The molecular formula is C27H20F3NO3. The molecule has 0 N–H and O–H groups in total. The molecular weight excluding hydrogens is 443 g/mol. The lowest BCUT2D eigenvalue weighted by molar-refractivity contribution is 0.0523. The summed E-state index contributed by atoms with van der Waals surface area (Å²) in [5.74, 6) is -2.42. The number of benzene rings is 3. The first-order chi connectivity index (χ1) is 16.4. The molecule has 0 bridgehead atoms. The monoisotopic (exact) mass is 463 g/mol. The molecule has 0 unspecified atom stereocenters. The van der Waals surface area contributed by atoms with E-state index in [1.807, 2.05) is 0 Å². The van der Waals surface area contributed by atoms with Gasteiger partial charge in [-0.1, -0.05) is 24.8 Å². The van der Waals surface area contributed by atoms with Crippen LogP contribution in [0.4, 0.5) is 13.2 Å². The molecule has 34 heavy (non-hydrogen) atoms. The molecule has 0 spiro atoms. The molecule has 4 rings (SSSR count). The van der Waals surface area contributed by atoms with Crippen LogP contribution in [-0.2, 0) is 11.3 Å². The Morgan fingerprint density at radius 3 is 2.41 bits per heavy atom. The van der Waals surface area contributed by atoms with Gasteiger partial charge in [-0.25, -0.2) is 22.9 Å². The number of fused-ring (bicyclic) bond motifs is 1. The zero-order valence-corrected chi connectivity index (χ0v) is 18.3. The van der Waals surface area contributed by atoms with E-state index in [2.05, 4.69) is 11.6 Å². The minimum atomic E-state index is -0.964. The molecule has 0 saturated heterocycles. The van der Waals surface area contributed by atoms with Crippen molar-refractivity contribution in [2.75, 3.05) is 6.61 Å². The van der Waals surface area contributed by atoms with Crippen molar-refractivity contribution in [3.63, 3.8) is 0 Å². The Morgan fingerprint density at radius 2 is 1.68 bits per heavy atom. The normalized spacial score (nSPS) is 10.8. The van der Waals surface area contributed by atoms with Gasteiger partial charge in [0.15, 0.2) is 11.6 Å². The van der Waals surface area contributed by atoms with Gasteiger partial charge >= 0.3 is 5.97 Å². The Balaban J connectivity index is 1.49. The van der Waals surface area contributed by atoms with Crippen LogP contribution in [0, 0.1) is 17.5 Å². The second-order valence-electron chi connectivity index (χ2n) is 7.47. The fourth-order valence-corrected chi connectivity index (χ4v) is 3.44. The summed E-state index contributed by atoms with van der Waals surface area (Å²) >= 11 is 0. The molecule has 0 aliphatic rings. The first-order valence-electron chi connectivity index (χ1n) is 10.5. The predicted octanol–water partition coefficient (Wildman–Crippen LogP) is 6.47. The number of hydrogen-bond acceptors (Lipinski definition) is 4. The predicted molar refractivity (Wildman–Crippen MR) is 123 cm³/mol. The van der Waals surface area contributed by atoms with Gasteiger partial charge in [-0.2, -0.15) is 0 Å². The molecule has 0 aliphatic heterocycles. The number of carbonyl (C=O) groups excluding carboxylic acids is 1. The summed E-state index contributed by atoms with van der Waals surface area (Å²) in [7, 11) is 0. The van der Waals surface area contributed by atoms with E-state index in [0.29, 0.717) is 33.5 Å². The molecule has 4 nitrogen and oxygen atoms in total. The number of carbonyl (C=O) groups is 1. The van der Waals surface area contributed by atoms with Crippen LogP contribution in [0.2, 0.25) is 0 Å². The topological polar surface area (TPSA) is 48.4 Å². The van der Waals surface area contributed by atoms with Crippen molar-refractivity contribution in [1.82, 2.24) is 4.98 Å². The lowest BCUT2D eigenvalue weighted by atomic mass is 10.0. The first-order valence-corrected chi connectivity index (χ1v) is 10.5. The van der Waals surface area contributed by atoms with Crippen molar-refractivity contribution in [2.24, 2.45) is 0 Å². The van der Waals surface area contributed by atoms with Gasteiger partial charge in [-0.05, 0) is 55.0 Å². The van der Waals surface area contributed by atoms with Gasteiger partial charge in [-0.15, -0.1) is 0 Å². The first kappa shape index (κ1) is 23.0. The van der Waals surface area contributed by atoms with Gasteiger partial charge in [0.1, 0.15) is 18.2 Å². The highest BCUT2D eigenvalue weighted by Crippen LogP contribution is 2.26. The van der Waals surface area contributed by atoms with Crippen molar-refractivity contribution in [2.45, 2.75) is 13.5 Å². The average molecular weight is 463 g/mol. The molecule has 172 valence electrons. The van der Waals surface area contributed by atoms with Gasteiger partial charge in [0.2, 0.25) is 0 Å². The fourth-order valence-electron chi connectivity index (χ4n) is 3.44. The number of rotatable bonds is 7. The maximum absolute atomic E-state index is 13.7.